The van der Waals surface area contributed by atoms with Crippen LogP contribution in [0.25, 0.3) is 10.9 Å². The second-order valence-electron chi connectivity index (χ2n) is 5.44. The van der Waals surface area contributed by atoms with E-state index in [1.165, 1.54) is 16.5 Å². The van der Waals surface area contributed by atoms with Crippen LogP contribution in [0.4, 0.5) is 0 Å². The fourth-order valence-corrected chi connectivity index (χ4v) is 2.88. The van der Waals surface area contributed by atoms with Gasteiger partial charge in [0.15, 0.2) is 11.5 Å². The third kappa shape index (κ3) is 3.32. The van der Waals surface area contributed by atoms with Gasteiger partial charge in [-0.25, -0.2) is 0 Å². The highest BCUT2D eigenvalue weighted by Gasteiger charge is 2.09. The number of hydrogen-bond acceptors (Lipinski definition) is 3. The number of hydrogen-bond donors (Lipinski definition) is 2. The van der Waals surface area contributed by atoms with Crippen LogP contribution in [-0.2, 0) is 13.0 Å². The molecular formula is C19H22N2O2. The van der Waals surface area contributed by atoms with Gasteiger partial charge in [-0.3, -0.25) is 0 Å². The summed E-state index contributed by atoms with van der Waals surface area (Å²) in [6.45, 7) is 1.66. The average Bonchev–Trinajstić information content (AvgIpc) is 3.01. The third-order valence-corrected chi connectivity index (χ3v) is 4.05. The molecule has 3 aromatic rings. The number of methoxy groups -OCH3 is 2. The van der Waals surface area contributed by atoms with Crippen LogP contribution >= 0.6 is 0 Å². The Bertz CT molecular complexity index is 780. The van der Waals surface area contributed by atoms with Crippen molar-refractivity contribution >= 4 is 10.9 Å². The molecule has 0 fully saturated rings. The molecule has 0 aliphatic rings. The monoisotopic (exact) mass is 310 g/mol. The van der Waals surface area contributed by atoms with E-state index in [0.29, 0.717) is 0 Å². The lowest BCUT2D eigenvalue weighted by Gasteiger charge is -2.13. The highest BCUT2D eigenvalue weighted by atomic mass is 16.5. The number of aromatic nitrogens is 1. The first-order valence-corrected chi connectivity index (χ1v) is 7.79. The van der Waals surface area contributed by atoms with Gasteiger partial charge in [-0.15, -0.1) is 0 Å². The molecule has 4 nitrogen and oxygen atoms in total. The number of aromatic amines is 1. The molecule has 120 valence electrons. The summed E-state index contributed by atoms with van der Waals surface area (Å²) in [6, 6.07) is 14.3. The summed E-state index contributed by atoms with van der Waals surface area (Å²) in [5, 5.41) is 4.78. The van der Waals surface area contributed by atoms with Crippen molar-refractivity contribution in [2.45, 2.75) is 13.0 Å². The first kappa shape index (κ1) is 15.4. The van der Waals surface area contributed by atoms with Crippen LogP contribution in [0.3, 0.4) is 0 Å². The van der Waals surface area contributed by atoms with Crippen LogP contribution in [0, 0.1) is 0 Å². The molecule has 3 rings (SSSR count). The summed E-state index contributed by atoms with van der Waals surface area (Å²) < 4.78 is 10.8. The van der Waals surface area contributed by atoms with Gasteiger partial charge >= 0.3 is 0 Å². The lowest BCUT2D eigenvalue weighted by atomic mass is 10.1. The van der Waals surface area contributed by atoms with E-state index in [2.05, 4.69) is 46.8 Å². The molecule has 0 aliphatic heterocycles. The van der Waals surface area contributed by atoms with Crippen molar-refractivity contribution in [3.63, 3.8) is 0 Å². The maximum atomic E-state index is 5.46. The molecule has 0 bridgehead atoms. The summed E-state index contributed by atoms with van der Waals surface area (Å²) in [6.07, 6.45) is 3.08. The molecule has 0 spiro atoms. The second-order valence-corrected chi connectivity index (χ2v) is 5.44. The largest absolute Gasteiger partial charge is 0.493 e. The predicted molar refractivity (Wildman–Crippen MR) is 93.3 cm³/mol. The second kappa shape index (κ2) is 7.20. The van der Waals surface area contributed by atoms with Crippen LogP contribution < -0.4 is 14.8 Å². The van der Waals surface area contributed by atoms with Gasteiger partial charge in [0.1, 0.15) is 0 Å². The van der Waals surface area contributed by atoms with Crippen LogP contribution in [0.2, 0.25) is 0 Å². The molecule has 0 aliphatic carbocycles. The Labute approximate surface area is 136 Å². The van der Waals surface area contributed by atoms with E-state index in [-0.39, 0.29) is 0 Å². The molecule has 1 heterocycles. The van der Waals surface area contributed by atoms with Crippen molar-refractivity contribution in [1.29, 1.82) is 0 Å². The van der Waals surface area contributed by atoms with Gasteiger partial charge in [-0.1, -0.05) is 30.3 Å². The summed E-state index contributed by atoms with van der Waals surface area (Å²) in [7, 11) is 3.33. The summed E-state index contributed by atoms with van der Waals surface area (Å²) in [5.74, 6) is 1.57. The SMILES string of the molecule is COc1cccc(CNCCc2c[nH]c3ccccc23)c1OC. The van der Waals surface area contributed by atoms with Crippen molar-refractivity contribution in [1.82, 2.24) is 10.3 Å². The molecule has 2 aromatic carbocycles. The lowest BCUT2D eigenvalue weighted by molar-refractivity contribution is 0.350. The quantitative estimate of drug-likeness (QED) is 0.656. The van der Waals surface area contributed by atoms with Crippen molar-refractivity contribution < 1.29 is 9.47 Å². The van der Waals surface area contributed by atoms with E-state index in [9.17, 15) is 0 Å². The van der Waals surface area contributed by atoms with Crippen LogP contribution in [0.5, 0.6) is 11.5 Å². The summed E-state index contributed by atoms with van der Waals surface area (Å²) in [5.41, 5.74) is 3.63. The Kier molecular flexibility index (Phi) is 4.83. The Balaban J connectivity index is 1.60. The Morgan fingerprint density at radius 2 is 1.83 bits per heavy atom. The normalized spacial score (nSPS) is 10.9. The molecule has 0 radical (unpaired) electrons. The van der Waals surface area contributed by atoms with Gasteiger partial charge in [-0.2, -0.15) is 0 Å². The number of benzene rings is 2. The highest BCUT2D eigenvalue weighted by molar-refractivity contribution is 5.83. The molecule has 1 aromatic heterocycles. The molecule has 0 atom stereocenters. The Morgan fingerprint density at radius 3 is 2.65 bits per heavy atom. The fourth-order valence-electron chi connectivity index (χ4n) is 2.88. The van der Waals surface area contributed by atoms with Gasteiger partial charge in [0, 0.05) is 29.2 Å². The van der Waals surface area contributed by atoms with Crippen LogP contribution in [-0.4, -0.2) is 25.7 Å². The van der Waals surface area contributed by atoms with E-state index in [4.69, 9.17) is 9.47 Å². The molecule has 0 unspecified atom stereocenters. The van der Waals surface area contributed by atoms with E-state index < -0.39 is 0 Å². The zero-order valence-corrected chi connectivity index (χ0v) is 13.6. The van der Waals surface area contributed by atoms with E-state index in [1.54, 1.807) is 14.2 Å². The standard InChI is InChI=1S/C19H22N2O2/c1-22-18-9-5-6-15(19(18)23-2)12-20-11-10-14-13-21-17-8-4-3-7-16(14)17/h3-9,13,20-21H,10-12H2,1-2H3. The minimum atomic E-state index is 0.753. The van der Waals surface area contributed by atoms with Gasteiger partial charge in [-0.05, 0) is 30.7 Å². The topological polar surface area (TPSA) is 46.3 Å². The number of ether oxygens (including phenoxy) is 2. The predicted octanol–water partition coefficient (Wildman–Crippen LogP) is 3.52. The highest BCUT2D eigenvalue weighted by Crippen LogP contribution is 2.30. The molecule has 0 amide bonds. The minimum absolute atomic E-state index is 0.753. The zero-order valence-electron chi connectivity index (χ0n) is 13.6. The van der Waals surface area contributed by atoms with Crippen LogP contribution in [0.15, 0.2) is 48.7 Å². The van der Waals surface area contributed by atoms with Gasteiger partial charge in [0.2, 0.25) is 0 Å². The van der Waals surface area contributed by atoms with E-state index >= 15 is 0 Å². The maximum absolute atomic E-state index is 5.46. The Morgan fingerprint density at radius 1 is 0.957 bits per heavy atom. The van der Waals surface area contributed by atoms with Gasteiger partial charge < -0.3 is 19.8 Å². The summed E-state index contributed by atoms with van der Waals surface area (Å²) in [4.78, 5) is 3.32. The van der Waals surface area contributed by atoms with E-state index in [1.807, 2.05) is 12.1 Å². The zero-order chi connectivity index (χ0) is 16.1. The number of rotatable bonds is 7. The number of para-hydroxylation sites is 2. The first-order valence-electron chi connectivity index (χ1n) is 7.79. The van der Waals surface area contributed by atoms with Crippen LogP contribution in [0.1, 0.15) is 11.1 Å². The third-order valence-electron chi connectivity index (χ3n) is 4.05. The molecule has 0 saturated heterocycles. The van der Waals surface area contributed by atoms with Crippen molar-refractivity contribution in [3.8, 4) is 11.5 Å². The average molecular weight is 310 g/mol. The van der Waals surface area contributed by atoms with Crippen molar-refractivity contribution in [2.24, 2.45) is 0 Å². The molecule has 0 saturated carbocycles. The molecule has 4 heteroatoms. The van der Waals surface area contributed by atoms with Gasteiger partial charge in [0.05, 0.1) is 14.2 Å². The number of fused-ring (bicyclic) bond motifs is 1. The first-order chi connectivity index (χ1) is 11.3. The van der Waals surface area contributed by atoms with Crippen molar-refractivity contribution in [2.75, 3.05) is 20.8 Å². The number of H-pyrrole nitrogens is 1. The fraction of sp³-hybridized carbons (Fsp3) is 0.263. The van der Waals surface area contributed by atoms with E-state index in [0.717, 1.165) is 36.6 Å². The molecular weight excluding hydrogens is 288 g/mol. The summed E-state index contributed by atoms with van der Waals surface area (Å²) >= 11 is 0. The Hall–Kier alpha value is -2.46. The molecule has 2 N–H and O–H groups in total. The minimum Gasteiger partial charge on any atom is -0.493 e. The smallest absolute Gasteiger partial charge is 0.165 e. The van der Waals surface area contributed by atoms with Crippen molar-refractivity contribution in [3.05, 3.63) is 59.8 Å². The number of nitrogens with one attached hydrogen (secondary N) is 2. The maximum Gasteiger partial charge on any atom is 0.165 e. The molecule has 23 heavy (non-hydrogen) atoms. The van der Waals surface area contributed by atoms with Gasteiger partial charge in [0.25, 0.3) is 0 Å². The lowest BCUT2D eigenvalue weighted by Crippen LogP contribution is -2.17.